The zero-order valence-corrected chi connectivity index (χ0v) is 11.3. The number of aldehydes is 1. The van der Waals surface area contributed by atoms with E-state index in [2.05, 4.69) is 28.8 Å². The Morgan fingerprint density at radius 2 is 2.26 bits per heavy atom. The molecule has 0 aliphatic carbocycles. The van der Waals surface area contributed by atoms with E-state index in [-0.39, 0.29) is 0 Å². The number of nitrogens with zero attached hydrogens (tertiary/aromatic N) is 4. The number of carbonyl (C=O) groups is 1. The van der Waals surface area contributed by atoms with Crippen molar-refractivity contribution in [3.63, 3.8) is 0 Å². The van der Waals surface area contributed by atoms with Crippen LogP contribution in [0.25, 0.3) is 5.65 Å². The summed E-state index contributed by atoms with van der Waals surface area (Å²) >= 11 is 0. The molecule has 3 rings (SSSR count). The fraction of sp³-hybridized carbons (Fsp3) is 0.500. The van der Waals surface area contributed by atoms with Gasteiger partial charge in [-0.2, -0.15) is 5.10 Å². The highest BCUT2D eigenvalue weighted by Crippen LogP contribution is 2.26. The Kier molecular flexibility index (Phi) is 3.06. The van der Waals surface area contributed by atoms with Crippen LogP contribution in [0, 0.1) is 0 Å². The molecular weight excluding hydrogens is 240 g/mol. The van der Waals surface area contributed by atoms with Gasteiger partial charge in [-0.3, -0.25) is 4.79 Å². The highest BCUT2D eigenvalue weighted by Gasteiger charge is 2.28. The average Bonchev–Trinajstić information content (AvgIpc) is 3.04. The first-order valence-corrected chi connectivity index (χ1v) is 6.74. The Morgan fingerprint density at radius 3 is 2.95 bits per heavy atom. The summed E-state index contributed by atoms with van der Waals surface area (Å²) in [7, 11) is 0. The van der Waals surface area contributed by atoms with Crippen molar-refractivity contribution in [1.82, 2.24) is 19.5 Å². The summed E-state index contributed by atoms with van der Waals surface area (Å²) in [4.78, 5) is 18.0. The van der Waals surface area contributed by atoms with Gasteiger partial charge >= 0.3 is 0 Å². The smallest absolute Gasteiger partial charge is 0.168 e. The number of aromatic nitrogens is 3. The number of pyridine rings is 1. The van der Waals surface area contributed by atoms with Crippen molar-refractivity contribution in [2.24, 2.45) is 0 Å². The van der Waals surface area contributed by atoms with Crippen molar-refractivity contribution < 1.29 is 4.79 Å². The van der Waals surface area contributed by atoms with Gasteiger partial charge in [-0.15, -0.1) is 0 Å². The summed E-state index contributed by atoms with van der Waals surface area (Å²) in [5.74, 6) is 1.24. The zero-order valence-electron chi connectivity index (χ0n) is 11.3. The lowest BCUT2D eigenvalue weighted by atomic mass is 10.1. The molecule has 0 N–H and O–H groups in total. The Hall–Kier alpha value is -1.75. The number of carbonyl (C=O) groups excluding carboxylic acids is 1. The standard InChI is InChI=1S/C14H18N4O/c1-10(2)17-7-6-11(8-17)14-15-13-5-3-4-12(9-19)18(13)16-14/h3-5,9-11H,6-8H2,1-2H3. The summed E-state index contributed by atoms with van der Waals surface area (Å²) in [5.41, 5.74) is 1.30. The minimum absolute atomic E-state index is 0.377. The molecule has 19 heavy (non-hydrogen) atoms. The zero-order chi connectivity index (χ0) is 13.4. The lowest BCUT2D eigenvalue weighted by molar-refractivity contribution is 0.111. The second-order valence-electron chi connectivity index (χ2n) is 5.38. The minimum atomic E-state index is 0.377. The van der Waals surface area contributed by atoms with Gasteiger partial charge in [-0.25, -0.2) is 9.50 Å². The number of hydrogen-bond donors (Lipinski definition) is 0. The van der Waals surface area contributed by atoms with E-state index in [1.165, 1.54) is 0 Å². The van der Waals surface area contributed by atoms with Crippen LogP contribution in [0.4, 0.5) is 0 Å². The first kappa shape index (κ1) is 12.3. The van der Waals surface area contributed by atoms with E-state index in [0.717, 1.165) is 37.3 Å². The van der Waals surface area contributed by atoms with E-state index in [9.17, 15) is 4.79 Å². The maximum Gasteiger partial charge on any atom is 0.168 e. The summed E-state index contributed by atoms with van der Waals surface area (Å²) in [6.45, 7) is 6.53. The predicted octanol–water partition coefficient (Wildman–Crippen LogP) is 1.74. The lowest BCUT2D eigenvalue weighted by Gasteiger charge is -2.19. The van der Waals surface area contributed by atoms with Gasteiger partial charge in [0.05, 0.1) is 0 Å². The summed E-state index contributed by atoms with van der Waals surface area (Å²) in [5, 5.41) is 4.51. The lowest BCUT2D eigenvalue weighted by Crippen LogP contribution is -2.28. The van der Waals surface area contributed by atoms with Gasteiger partial charge in [0.25, 0.3) is 0 Å². The second kappa shape index (κ2) is 4.74. The molecule has 1 saturated heterocycles. The Bertz CT molecular complexity index is 605. The molecule has 2 aromatic rings. The SMILES string of the molecule is CC(C)N1CCC(c2nc3cccc(C=O)n3n2)C1. The monoisotopic (exact) mass is 258 g/mol. The molecular formula is C14H18N4O. The first-order valence-electron chi connectivity index (χ1n) is 6.74. The van der Waals surface area contributed by atoms with Crippen molar-refractivity contribution in [2.75, 3.05) is 13.1 Å². The molecule has 1 aliphatic heterocycles. The van der Waals surface area contributed by atoms with Gasteiger partial charge in [0.15, 0.2) is 17.8 Å². The third-order valence-electron chi connectivity index (χ3n) is 3.84. The summed E-state index contributed by atoms with van der Waals surface area (Å²) in [6, 6.07) is 6.05. The van der Waals surface area contributed by atoms with Crippen LogP contribution in [0.1, 0.15) is 42.5 Å². The number of rotatable bonds is 3. The Labute approximate surface area is 112 Å². The van der Waals surface area contributed by atoms with Crippen LogP contribution in [0.5, 0.6) is 0 Å². The third-order valence-corrected chi connectivity index (χ3v) is 3.84. The van der Waals surface area contributed by atoms with Crippen LogP contribution >= 0.6 is 0 Å². The molecule has 1 atom stereocenters. The van der Waals surface area contributed by atoms with Crippen LogP contribution in [0.15, 0.2) is 18.2 Å². The Balaban J connectivity index is 1.92. The molecule has 0 saturated carbocycles. The topological polar surface area (TPSA) is 50.5 Å². The van der Waals surface area contributed by atoms with Gasteiger partial charge < -0.3 is 4.90 Å². The van der Waals surface area contributed by atoms with Gasteiger partial charge in [0, 0.05) is 18.5 Å². The van der Waals surface area contributed by atoms with Crippen LogP contribution < -0.4 is 0 Å². The third kappa shape index (κ3) is 2.14. The number of likely N-dealkylation sites (tertiary alicyclic amines) is 1. The van der Waals surface area contributed by atoms with Crippen molar-refractivity contribution in [3.05, 3.63) is 29.7 Å². The van der Waals surface area contributed by atoms with E-state index in [4.69, 9.17) is 0 Å². The quantitative estimate of drug-likeness (QED) is 0.787. The fourth-order valence-corrected chi connectivity index (χ4v) is 2.67. The highest BCUT2D eigenvalue weighted by atomic mass is 16.1. The molecule has 1 unspecified atom stereocenters. The van der Waals surface area contributed by atoms with Crippen molar-refractivity contribution in [3.8, 4) is 0 Å². The molecule has 0 bridgehead atoms. The fourth-order valence-electron chi connectivity index (χ4n) is 2.67. The molecule has 0 spiro atoms. The van der Waals surface area contributed by atoms with Crippen LogP contribution in [0.2, 0.25) is 0 Å². The van der Waals surface area contributed by atoms with Crippen molar-refractivity contribution in [1.29, 1.82) is 0 Å². The van der Waals surface area contributed by atoms with Crippen LogP contribution in [-0.2, 0) is 0 Å². The summed E-state index contributed by atoms with van der Waals surface area (Å²) in [6.07, 6.45) is 1.91. The van der Waals surface area contributed by atoms with E-state index in [1.807, 2.05) is 12.1 Å². The molecule has 0 aromatic carbocycles. The Morgan fingerprint density at radius 1 is 1.42 bits per heavy atom. The van der Waals surface area contributed by atoms with Crippen molar-refractivity contribution in [2.45, 2.75) is 32.2 Å². The van der Waals surface area contributed by atoms with Crippen LogP contribution in [0.3, 0.4) is 0 Å². The minimum Gasteiger partial charge on any atom is -0.300 e. The average molecular weight is 258 g/mol. The molecule has 5 nitrogen and oxygen atoms in total. The van der Waals surface area contributed by atoms with Gasteiger partial charge in [0.2, 0.25) is 0 Å². The summed E-state index contributed by atoms with van der Waals surface area (Å²) < 4.78 is 1.64. The number of fused-ring (bicyclic) bond motifs is 1. The van der Waals surface area contributed by atoms with Crippen LogP contribution in [-0.4, -0.2) is 44.9 Å². The number of hydrogen-bond acceptors (Lipinski definition) is 4. The van der Waals surface area contributed by atoms with Gasteiger partial charge in [-0.05, 0) is 38.9 Å². The first-order chi connectivity index (χ1) is 9.19. The molecule has 0 amide bonds. The normalized spacial score (nSPS) is 20.5. The largest absolute Gasteiger partial charge is 0.300 e. The van der Waals surface area contributed by atoms with E-state index in [1.54, 1.807) is 10.6 Å². The predicted molar refractivity (Wildman–Crippen MR) is 72.4 cm³/mol. The molecule has 5 heteroatoms. The van der Waals surface area contributed by atoms with Crippen molar-refractivity contribution >= 4 is 11.9 Å². The maximum atomic E-state index is 11.0. The molecule has 100 valence electrons. The van der Waals surface area contributed by atoms with E-state index in [0.29, 0.717) is 17.7 Å². The van der Waals surface area contributed by atoms with E-state index < -0.39 is 0 Å². The maximum absolute atomic E-state index is 11.0. The van der Waals surface area contributed by atoms with E-state index >= 15 is 0 Å². The van der Waals surface area contributed by atoms with Gasteiger partial charge in [0.1, 0.15) is 5.69 Å². The molecule has 1 aliphatic rings. The molecule has 0 radical (unpaired) electrons. The highest BCUT2D eigenvalue weighted by molar-refractivity contribution is 5.73. The molecule has 1 fully saturated rings. The second-order valence-corrected chi connectivity index (χ2v) is 5.38. The van der Waals surface area contributed by atoms with Gasteiger partial charge in [-0.1, -0.05) is 6.07 Å². The molecule has 3 heterocycles. The molecule has 2 aromatic heterocycles.